The van der Waals surface area contributed by atoms with E-state index in [1.165, 1.54) is 13.8 Å². The number of amides is 10. The molecule has 0 aromatic heterocycles. The molecule has 0 spiro atoms. The van der Waals surface area contributed by atoms with Crippen molar-refractivity contribution in [2.45, 2.75) is 186 Å². The number of carbonyl (C=O) groups excluding carboxylic acids is 10. The molecule has 28 nitrogen and oxygen atoms in total. The summed E-state index contributed by atoms with van der Waals surface area (Å²) < 4.78 is 0. The number of hydrogen-bond acceptors (Lipinski definition) is 16. The standard InChI is InChI=1S/C46H83N13O15/c1-8-24(6)36(44(71)59-37(25(7)60)45(72)56-31(21-33(51)62)43(70)57-35(23(4)5)46(73)74)58-41(68)28(14-10-12-18-48)53-39(66)27(13-9-11-17-47)52-40(67)29(15-16-34(63)64)54-42(69)30(19-22(2)3)55-38(65)26(49)20-32(50)61/h22-31,35-37,60H,8-21,47-49H2,1-7H3,(H2,50,61)(H2,51,62)(H,52,67)(H,53,66)(H,54,69)(H,55,65)(H,56,72)(H,57,70)(H,58,68)(H,59,71)(H,63,64)(H,73,74)/t24-,25+,26-,27-,28-,29-,30-,31-,35-,36-,37-/m0/s1. The summed E-state index contributed by atoms with van der Waals surface area (Å²) in [7, 11) is 0. The Morgan fingerprint density at radius 1 is 0.473 bits per heavy atom. The number of carboxylic acids is 2. The van der Waals surface area contributed by atoms with Crippen LogP contribution < -0.4 is 71.2 Å². The van der Waals surface area contributed by atoms with Crippen LogP contribution in [0.25, 0.3) is 0 Å². The second-order valence-corrected chi connectivity index (χ2v) is 19.1. The molecule has 0 aliphatic rings. The topological polar surface area (TPSA) is 492 Å². The highest BCUT2D eigenvalue weighted by atomic mass is 16.4. The van der Waals surface area contributed by atoms with Crippen molar-refractivity contribution in [3.63, 3.8) is 0 Å². The predicted octanol–water partition coefficient (Wildman–Crippen LogP) is -4.72. The molecule has 422 valence electrons. The van der Waals surface area contributed by atoms with Gasteiger partial charge in [0.15, 0.2) is 0 Å². The zero-order chi connectivity index (χ0) is 57.0. The van der Waals surface area contributed by atoms with E-state index < -0.39 is 169 Å². The van der Waals surface area contributed by atoms with E-state index in [9.17, 15) is 72.9 Å². The van der Waals surface area contributed by atoms with Crippen molar-refractivity contribution in [3.05, 3.63) is 0 Å². The predicted molar refractivity (Wildman–Crippen MR) is 267 cm³/mol. The van der Waals surface area contributed by atoms with Gasteiger partial charge in [0.1, 0.15) is 48.3 Å². The molecule has 21 N–H and O–H groups in total. The minimum Gasteiger partial charge on any atom is -0.481 e. The fourth-order valence-corrected chi connectivity index (χ4v) is 7.21. The first-order valence-corrected chi connectivity index (χ1v) is 24.8. The monoisotopic (exact) mass is 1060 g/mol. The SMILES string of the molecule is CC[C@H](C)[C@H](NC(=O)[C@H](CCCCN)NC(=O)[C@H](CCCCN)NC(=O)[C@H](CCC(=O)O)NC(=O)[C@H](CC(C)C)NC(=O)[C@@H](N)CC(N)=O)C(=O)N[C@H](C(=O)N[C@@H](CC(N)=O)C(=O)N[C@H](C(=O)O)C(C)C)[C@@H](C)O. The Morgan fingerprint density at radius 2 is 0.865 bits per heavy atom. The number of rotatable bonds is 38. The van der Waals surface area contributed by atoms with Crippen LogP contribution in [-0.2, 0) is 57.5 Å². The first kappa shape index (κ1) is 67.5. The van der Waals surface area contributed by atoms with Gasteiger partial charge < -0.3 is 86.5 Å². The molecule has 74 heavy (non-hydrogen) atoms. The van der Waals surface area contributed by atoms with Gasteiger partial charge in [0.2, 0.25) is 59.1 Å². The van der Waals surface area contributed by atoms with Crippen LogP contribution in [-0.4, -0.2) is 160 Å². The lowest BCUT2D eigenvalue weighted by atomic mass is 9.96. The quantitative estimate of drug-likeness (QED) is 0.0258. The van der Waals surface area contributed by atoms with Crippen molar-refractivity contribution < 1.29 is 72.9 Å². The summed E-state index contributed by atoms with van der Waals surface area (Å²) in [5.74, 6) is -14.0. The summed E-state index contributed by atoms with van der Waals surface area (Å²) >= 11 is 0. The molecule has 0 saturated carbocycles. The lowest BCUT2D eigenvalue weighted by Gasteiger charge is -2.30. The molecule has 28 heteroatoms. The normalized spacial score (nSPS) is 15.7. The van der Waals surface area contributed by atoms with Crippen LogP contribution in [0, 0.1) is 17.8 Å². The van der Waals surface area contributed by atoms with E-state index in [0.717, 1.165) is 6.92 Å². The number of aliphatic carboxylic acids is 2. The van der Waals surface area contributed by atoms with Gasteiger partial charge in [0.05, 0.1) is 25.0 Å². The number of carboxylic acid groups (broad SMARTS) is 2. The minimum atomic E-state index is -1.82. The van der Waals surface area contributed by atoms with Crippen LogP contribution >= 0.6 is 0 Å². The van der Waals surface area contributed by atoms with Crippen LogP contribution in [0.2, 0.25) is 0 Å². The van der Waals surface area contributed by atoms with E-state index >= 15 is 0 Å². The second kappa shape index (κ2) is 34.8. The summed E-state index contributed by atoms with van der Waals surface area (Å²) in [6.45, 7) is 11.3. The number of primary amides is 2. The summed E-state index contributed by atoms with van der Waals surface area (Å²) in [6, 6.07) is -13.5. The zero-order valence-electron chi connectivity index (χ0n) is 43.5. The van der Waals surface area contributed by atoms with Crippen LogP contribution in [0.5, 0.6) is 0 Å². The van der Waals surface area contributed by atoms with Crippen LogP contribution in [0.3, 0.4) is 0 Å². The Labute approximate surface area is 431 Å². The van der Waals surface area contributed by atoms with Crippen molar-refractivity contribution in [3.8, 4) is 0 Å². The molecule has 0 aromatic rings. The number of hydrogen-bond donors (Lipinski definition) is 16. The minimum absolute atomic E-state index is 0.0252. The molecule has 0 rings (SSSR count). The van der Waals surface area contributed by atoms with E-state index in [2.05, 4.69) is 42.5 Å². The first-order valence-electron chi connectivity index (χ1n) is 24.8. The highest BCUT2D eigenvalue weighted by molar-refractivity contribution is 5.99. The van der Waals surface area contributed by atoms with Crippen molar-refractivity contribution in [1.29, 1.82) is 0 Å². The van der Waals surface area contributed by atoms with E-state index in [1.807, 2.05) is 0 Å². The van der Waals surface area contributed by atoms with Gasteiger partial charge >= 0.3 is 11.9 Å². The third-order valence-corrected chi connectivity index (χ3v) is 11.7. The Balaban J connectivity index is 6.82. The van der Waals surface area contributed by atoms with Crippen LogP contribution in [0.15, 0.2) is 0 Å². The van der Waals surface area contributed by atoms with Gasteiger partial charge in [-0.15, -0.1) is 0 Å². The first-order chi connectivity index (χ1) is 34.5. The maximum Gasteiger partial charge on any atom is 0.326 e. The average Bonchev–Trinajstić information content (AvgIpc) is 3.30. The lowest BCUT2D eigenvalue weighted by Crippen LogP contribution is -2.63. The molecule has 0 aliphatic carbocycles. The number of aliphatic hydroxyl groups is 1. The van der Waals surface area contributed by atoms with E-state index in [-0.39, 0.29) is 57.5 Å². The zero-order valence-corrected chi connectivity index (χ0v) is 43.5. The van der Waals surface area contributed by atoms with Gasteiger partial charge in [0.25, 0.3) is 0 Å². The molecule has 10 amide bonds. The summed E-state index contributed by atoms with van der Waals surface area (Å²) in [6.07, 6.45) is -2.56. The third kappa shape index (κ3) is 25.9. The molecular formula is C46H83N13O15. The number of nitrogens with two attached hydrogens (primary N) is 5. The molecule has 11 atom stereocenters. The van der Waals surface area contributed by atoms with Crippen molar-refractivity contribution >= 4 is 71.0 Å². The largest absolute Gasteiger partial charge is 0.481 e. The third-order valence-electron chi connectivity index (χ3n) is 11.7. The molecule has 0 aliphatic heterocycles. The van der Waals surface area contributed by atoms with E-state index in [1.54, 1.807) is 27.7 Å². The van der Waals surface area contributed by atoms with Gasteiger partial charge in [-0.05, 0) is 89.1 Å². The van der Waals surface area contributed by atoms with Gasteiger partial charge in [0, 0.05) is 6.42 Å². The smallest absolute Gasteiger partial charge is 0.326 e. The molecule has 0 bridgehead atoms. The Bertz CT molecular complexity index is 1920. The van der Waals surface area contributed by atoms with Gasteiger partial charge in [-0.2, -0.15) is 0 Å². The van der Waals surface area contributed by atoms with Crippen molar-refractivity contribution in [1.82, 2.24) is 42.5 Å². The van der Waals surface area contributed by atoms with E-state index in [4.69, 9.17) is 28.7 Å². The highest BCUT2D eigenvalue weighted by Crippen LogP contribution is 2.14. The Hall–Kier alpha value is -6.52. The summed E-state index contributed by atoms with van der Waals surface area (Å²) in [5.41, 5.74) is 27.7. The molecule has 0 saturated heterocycles. The maximum atomic E-state index is 14.2. The lowest BCUT2D eigenvalue weighted by molar-refractivity contribution is -0.144. The fourth-order valence-electron chi connectivity index (χ4n) is 7.21. The van der Waals surface area contributed by atoms with Gasteiger partial charge in [-0.25, -0.2) is 4.79 Å². The van der Waals surface area contributed by atoms with Crippen molar-refractivity contribution in [2.24, 2.45) is 46.4 Å². The second-order valence-electron chi connectivity index (χ2n) is 19.1. The highest BCUT2D eigenvalue weighted by Gasteiger charge is 2.38. The fraction of sp³-hybridized carbons (Fsp3) is 0.739. The molecule has 0 fully saturated rings. The Kier molecular flexibility index (Phi) is 31.8. The molecule has 0 unspecified atom stereocenters. The number of aliphatic hydroxyl groups excluding tert-OH is 1. The molecule has 0 radical (unpaired) electrons. The number of carbonyl (C=O) groups is 12. The summed E-state index contributed by atoms with van der Waals surface area (Å²) in [4.78, 5) is 156. The van der Waals surface area contributed by atoms with Gasteiger partial charge in [-0.1, -0.05) is 48.0 Å². The average molecular weight is 1060 g/mol. The van der Waals surface area contributed by atoms with Crippen LogP contribution in [0.1, 0.15) is 126 Å². The molecule has 0 heterocycles. The van der Waals surface area contributed by atoms with Gasteiger partial charge in [-0.3, -0.25) is 52.7 Å². The molecule has 0 aromatic carbocycles. The number of unbranched alkanes of at least 4 members (excludes halogenated alkanes) is 2. The molecular weight excluding hydrogens is 975 g/mol. The van der Waals surface area contributed by atoms with Crippen molar-refractivity contribution in [2.75, 3.05) is 13.1 Å². The van der Waals surface area contributed by atoms with Crippen LogP contribution in [0.4, 0.5) is 0 Å². The summed E-state index contributed by atoms with van der Waals surface area (Å²) in [5, 5.41) is 49.2. The Morgan fingerprint density at radius 3 is 1.27 bits per heavy atom. The van der Waals surface area contributed by atoms with E-state index in [0.29, 0.717) is 12.8 Å². The maximum absolute atomic E-state index is 14.2. The number of nitrogens with one attached hydrogen (secondary N) is 8.